The van der Waals surface area contributed by atoms with Crippen molar-refractivity contribution >= 4 is 5.91 Å². The average Bonchev–Trinajstić information content (AvgIpc) is 2.28. The van der Waals surface area contributed by atoms with Crippen LogP contribution in [0.5, 0.6) is 5.75 Å². The molecule has 0 fully saturated rings. The van der Waals surface area contributed by atoms with E-state index in [1.165, 1.54) is 0 Å². The first kappa shape index (κ1) is 14.1. The van der Waals surface area contributed by atoms with E-state index < -0.39 is 11.9 Å². The van der Waals surface area contributed by atoms with Gasteiger partial charge < -0.3 is 21.1 Å². The Morgan fingerprint density at radius 3 is 2.50 bits per heavy atom. The number of carbonyl (C=O) groups is 1. The molecule has 0 aliphatic rings. The number of nitrogens with two attached hydrogens (primary N) is 2. The molecule has 1 aromatic carbocycles. The summed E-state index contributed by atoms with van der Waals surface area (Å²) in [5.74, 6) is 0.722. The Balaban J connectivity index is 2.83. The Hall–Kier alpha value is -2.01. The van der Waals surface area contributed by atoms with Crippen molar-refractivity contribution in [3.8, 4) is 5.75 Å². The van der Waals surface area contributed by atoms with Crippen molar-refractivity contribution in [1.29, 1.82) is 0 Å². The summed E-state index contributed by atoms with van der Waals surface area (Å²) in [6, 6.07) is 8.71. The number of nitrogens with zero attached hydrogens (tertiary/aromatic N) is 1. The Morgan fingerprint density at radius 2 is 2.00 bits per heavy atom. The summed E-state index contributed by atoms with van der Waals surface area (Å²) in [5, 5.41) is 0. The minimum Gasteiger partial charge on any atom is -0.459 e. The third-order valence-electron chi connectivity index (χ3n) is 2.15. The quantitative estimate of drug-likeness (QED) is 0.726. The van der Waals surface area contributed by atoms with Crippen molar-refractivity contribution in [2.45, 2.75) is 12.5 Å². The number of carbonyl (C=O) groups excluding carboxylic acids is 1. The Labute approximate surface area is 107 Å². The molecule has 5 heteroatoms. The predicted molar refractivity (Wildman–Crippen MR) is 70.6 cm³/mol. The van der Waals surface area contributed by atoms with E-state index in [-0.39, 0.29) is 6.42 Å². The number of ether oxygens (including phenoxy) is 1. The third-order valence-corrected chi connectivity index (χ3v) is 2.15. The number of hydrogen-bond donors (Lipinski definition) is 2. The van der Waals surface area contributed by atoms with Crippen LogP contribution in [0.2, 0.25) is 0 Å². The zero-order valence-electron chi connectivity index (χ0n) is 10.7. The minimum absolute atomic E-state index is 0.0481. The molecule has 0 saturated carbocycles. The van der Waals surface area contributed by atoms with E-state index in [0.29, 0.717) is 11.5 Å². The standard InChI is InChI=1S/C13H19N3O2/c1-16(2)9-12(11(14)8-13(15)17)18-10-6-4-3-5-7-10/h3-7,9,11H,8,14H2,1-2H3,(H2,15,17)/b12-9+. The minimum atomic E-state index is -0.551. The summed E-state index contributed by atoms with van der Waals surface area (Å²) in [4.78, 5) is 12.7. The molecule has 4 N–H and O–H groups in total. The highest BCUT2D eigenvalue weighted by molar-refractivity contribution is 5.74. The van der Waals surface area contributed by atoms with Gasteiger partial charge in [-0.3, -0.25) is 4.79 Å². The molecule has 1 rings (SSSR count). The first-order chi connectivity index (χ1) is 8.49. The third kappa shape index (κ3) is 4.88. The zero-order chi connectivity index (χ0) is 13.5. The van der Waals surface area contributed by atoms with Crippen LogP contribution in [-0.2, 0) is 4.79 Å². The van der Waals surface area contributed by atoms with Gasteiger partial charge in [0.05, 0.1) is 6.04 Å². The fourth-order valence-corrected chi connectivity index (χ4v) is 1.39. The van der Waals surface area contributed by atoms with E-state index in [4.69, 9.17) is 16.2 Å². The van der Waals surface area contributed by atoms with Gasteiger partial charge in [0.15, 0.2) is 0 Å². The number of amides is 1. The molecule has 1 unspecified atom stereocenters. The van der Waals surface area contributed by atoms with Crippen LogP contribution in [0.3, 0.4) is 0 Å². The maximum atomic E-state index is 10.9. The van der Waals surface area contributed by atoms with E-state index in [9.17, 15) is 4.79 Å². The maximum Gasteiger partial charge on any atom is 0.219 e. The van der Waals surface area contributed by atoms with Crippen molar-refractivity contribution < 1.29 is 9.53 Å². The van der Waals surface area contributed by atoms with Gasteiger partial charge in [-0.2, -0.15) is 0 Å². The van der Waals surface area contributed by atoms with Gasteiger partial charge in [0.25, 0.3) is 0 Å². The van der Waals surface area contributed by atoms with Crippen LogP contribution in [0.15, 0.2) is 42.3 Å². The second-order valence-corrected chi connectivity index (χ2v) is 4.19. The summed E-state index contributed by atoms with van der Waals surface area (Å²) in [6.45, 7) is 0. The van der Waals surface area contributed by atoms with E-state index in [2.05, 4.69) is 0 Å². The molecular formula is C13H19N3O2. The Kier molecular flexibility index (Phi) is 5.20. The lowest BCUT2D eigenvalue weighted by Crippen LogP contribution is -2.32. The molecule has 0 aromatic heterocycles. The molecule has 98 valence electrons. The number of rotatable bonds is 6. The molecule has 18 heavy (non-hydrogen) atoms. The first-order valence-corrected chi connectivity index (χ1v) is 5.64. The first-order valence-electron chi connectivity index (χ1n) is 5.64. The maximum absolute atomic E-state index is 10.9. The monoisotopic (exact) mass is 249 g/mol. The summed E-state index contributed by atoms with van der Waals surface area (Å²) >= 11 is 0. The molecule has 0 heterocycles. The highest BCUT2D eigenvalue weighted by Gasteiger charge is 2.15. The van der Waals surface area contributed by atoms with Gasteiger partial charge in [0.1, 0.15) is 11.5 Å². The van der Waals surface area contributed by atoms with Gasteiger partial charge in [-0.1, -0.05) is 18.2 Å². The lowest BCUT2D eigenvalue weighted by atomic mass is 10.2. The van der Waals surface area contributed by atoms with Crippen LogP contribution in [-0.4, -0.2) is 30.9 Å². The Bertz CT molecular complexity index is 416. The van der Waals surface area contributed by atoms with Gasteiger partial charge in [-0.05, 0) is 12.1 Å². The zero-order valence-corrected chi connectivity index (χ0v) is 10.7. The van der Waals surface area contributed by atoms with Gasteiger partial charge in [-0.15, -0.1) is 0 Å². The van der Waals surface area contributed by atoms with Crippen molar-refractivity contribution in [1.82, 2.24) is 4.90 Å². The summed E-state index contributed by atoms with van der Waals surface area (Å²) in [5.41, 5.74) is 11.0. The van der Waals surface area contributed by atoms with E-state index in [1.807, 2.05) is 44.4 Å². The molecule has 0 radical (unpaired) electrons. The van der Waals surface area contributed by atoms with Gasteiger partial charge in [-0.25, -0.2) is 0 Å². The van der Waals surface area contributed by atoms with Crippen LogP contribution in [0.25, 0.3) is 0 Å². The van der Waals surface area contributed by atoms with Gasteiger partial charge >= 0.3 is 0 Å². The van der Waals surface area contributed by atoms with Crippen LogP contribution in [0.4, 0.5) is 0 Å². The van der Waals surface area contributed by atoms with Crippen LogP contribution in [0, 0.1) is 0 Å². The van der Waals surface area contributed by atoms with E-state index in [1.54, 1.807) is 11.1 Å². The summed E-state index contributed by atoms with van der Waals surface area (Å²) < 4.78 is 5.67. The summed E-state index contributed by atoms with van der Waals surface area (Å²) in [7, 11) is 3.71. The number of benzene rings is 1. The van der Waals surface area contributed by atoms with E-state index in [0.717, 1.165) is 0 Å². The molecule has 1 amide bonds. The molecule has 0 spiro atoms. The molecule has 1 aromatic rings. The van der Waals surface area contributed by atoms with Gasteiger partial charge in [0, 0.05) is 26.7 Å². The van der Waals surface area contributed by atoms with Crippen molar-refractivity contribution in [3.05, 3.63) is 42.3 Å². The normalized spacial score (nSPS) is 12.9. The van der Waals surface area contributed by atoms with Crippen LogP contribution >= 0.6 is 0 Å². The van der Waals surface area contributed by atoms with E-state index >= 15 is 0 Å². The molecule has 0 aliphatic carbocycles. The molecule has 0 saturated heterocycles. The highest BCUT2D eigenvalue weighted by Crippen LogP contribution is 2.15. The fraction of sp³-hybridized carbons (Fsp3) is 0.308. The SMILES string of the molecule is CN(C)/C=C(/Oc1ccccc1)C(N)CC(N)=O. The molecular weight excluding hydrogens is 230 g/mol. The number of primary amides is 1. The predicted octanol–water partition coefficient (Wildman–Crippen LogP) is 0.671. The Morgan fingerprint density at radius 1 is 1.39 bits per heavy atom. The highest BCUT2D eigenvalue weighted by atomic mass is 16.5. The van der Waals surface area contributed by atoms with Crippen LogP contribution in [0.1, 0.15) is 6.42 Å². The van der Waals surface area contributed by atoms with Crippen molar-refractivity contribution in [3.63, 3.8) is 0 Å². The molecule has 1 atom stereocenters. The number of para-hydroxylation sites is 1. The second-order valence-electron chi connectivity index (χ2n) is 4.19. The molecule has 0 bridgehead atoms. The lowest BCUT2D eigenvalue weighted by Gasteiger charge is -2.18. The number of hydrogen-bond acceptors (Lipinski definition) is 4. The van der Waals surface area contributed by atoms with Gasteiger partial charge in [0.2, 0.25) is 5.91 Å². The fourth-order valence-electron chi connectivity index (χ4n) is 1.39. The van der Waals surface area contributed by atoms with Crippen molar-refractivity contribution in [2.75, 3.05) is 14.1 Å². The average molecular weight is 249 g/mol. The summed E-state index contributed by atoms with van der Waals surface area (Å²) in [6.07, 6.45) is 1.78. The molecule has 0 aliphatic heterocycles. The molecule has 5 nitrogen and oxygen atoms in total. The largest absolute Gasteiger partial charge is 0.459 e. The van der Waals surface area contributed by atoms with Crippen molar-refractivity contribution in [2.24, 2.45) is 11.5 Å². The lowest BCUT2D eigenvalue weighted by molar-refractivity contribution is -0.118. The topological polar surface area (TPSA) is 81.6 Å². The van der Waals surface area contributed by atoms with Crippen LogP contribution < -0.4 is 16.2 Å². The second kappa shape index (κ2) is 6.66. The smallest absolute Gasteiger partial charge is 0.219 e.